The van der Waals surface area contributed by atoms with Gasteiger partial charge in [-0.1, -0.05) is 23.5 Å². The molecule has 0 spiro atoms. The second-order valence-corrected chi connectivity index (χ2v) is 9.57. The third-order valence-electron chi connectivity index (χ3n) is 6.09. The summed E-state index contributed by atoms with van der Waals surface area (Å²) in [6.45, 7) is 5.14. The van der Waals surface area contributed by atoms with Crippen molar-refractivity contribution in [3.05, 3.63) is 59.0 Å². The summed E-state index contributed by atoms with van der Waals surface area (Å²) >= 11 is 1.42. The van der Waals surface area contributed by atoms with Crippen molar-refractivity contribution >= 4 is 39.4 Å². The number of aryl methyl sites for hydroxylation is 2. The molecule has 4 aromatic rings. The van der Waals surface area contributed by atoms with E-state index in [0.29, 0.717) is 18.1 Å². The molecule has 9 nitrogen and oxygen atoms in total. The minimum atomic E-state index is -0.942. The molecule has 0 atom stereocenters. The lowest BCUT2D eigenvalue weighted by molar-refractivity contribution is -0.115. The molecule has 180 valence electrons. The van der Waals surface area contributed by atoms with Crippen LogP contribution in [0.4, 0.5) is 9.80 Å². The fourth-order valence-electron chi connectivity index (χ4n) is 4.30. The van der Waals surface area contributed by atoms with Gasteiger partial charge in [0.2, 0.25) is 5.91 Å². The summed E-state index contributed by atoms with van der Waals surface area (Å²) in [4.78, 5) is 34.7. The molecule has 0 aliphatic carbocycles. The molecule has 0 bridgehead atoms. The summed E-state index contributed by atoms with van der Waals surface area (Å²) in [6, 6.07) is 11.7. The number of amides is 2. The number of methoxy groups -OCH3 is 1. The predicted molar refractivity (Wildman–Crippen MR) is 134 cm³/mol. The third kappa shape index (κ3) is 4.44. The monoisotopic (exact) mass is 491 g/mol. The number of anilines is 1. The van der Waals surface area contributed by atoms with Crippen LogP contribution < -0.4 is 10.1 Å². The van der Waals surface area contributed by atoms with Crippen LogP contribution in [0.5, 0.6) is 5.75 Å². The smallest absolute Gasteiger partial charge is 0.407 e. The van der Waals surface area contributed by atoms with E-state index in [2.05, 4.69) is 15.3 Å². The van der Waals surface area contributed by atoms with E-state index >= 15 is 0 Å². The molecule has 0 radical (unpaired) electrons. The van der Waals surface area contributed by atoms with Crippen molar-refractivity contribution in [2.24, 2.45) is 0 Å². The molecule has 1 aliphatic heterocycles. The highest BCUT2D eigenvalue weighted by molar-refractivity contribution is 7.19. The number of carbonyl (C=O) groups is 2. The van der Waals surface area contributed by atoms with E-state index in [9.17, 15) is 14.7 Å². The van der Waals surface area contributed by atoms with E-state index in [4.69, 9.17) is 4.74 Å². The number of imidazole rings is 1. The molecule has 0 saturated heterocycles. The first-order valence-electron chi connectivity index (χ1n) is 11.2. The highest BCUT2D eigenvalue weighted by Gasteiger charge is 2.23. The highest BCUT2D eigenvalue weighted by Crippen LogP contribution is 2.37. The van der Waals surface area contributed by atoms with Gasteiger partial charge in [-0.3, -0.25) is 9.69 Å². The van der Waals surface area contributed by atoms with Crippen molar-refractivity contribution in [2.75, 3.05) is 19.0 Å². The molecular formula is C25H25N5O4S. The van der Waals surface area contributed by atoms with Gasteiger partial charge >= 0.3 is 6.09 Å². The van der Waals surface area contributed by atoms with Crippen LogP contribution in [0.1, 0.15) is 22.6 Å². The fourth-order valence-corrected chi connectivity index (χ4v) is 5.31. The van der Waals surface area contributed by atoms with E-state index in [1.54, 1.807) is 7.11 Å². The van der Waals surface area contributed by atoms with Crippen LogP contribution in [0.15, 0.2) is 36.4 Å². The summed E-state index contributed by atoms with van der Waals surface area (Å²) in [6.07, 6.45) is -0.747. The average Bonchev–Trinajstić information content (AvgIpc) is 3.37. The minimum Gasteiger partial charge on any atom is -0.496 e. The van der Waals surface area contributed by atoms with Crippen molar-refractivity contribution in [2.45, 2.75) is 33.4 Å². The van der Waals surface area contributed by atoms with E-state index in [0.717, 1.165) is 50.0 Å². The Morgan fingerprint density at radius 1 is 1.14 bits per heavy atom. The molecule has 0 fully saturated rings. The van der Waals surface area contributed by atoms with Gasteiger partial charge in [0, 0.05) is 13.1 Å². The molecule has 0 unspecified atom stereocenters. The normalized spacial score (nSPS) is 13.1. The number of carboxylic acid groups (broad SMARTS) is 1. The number of thiazole rings is 1. The maximum atomic E-state index is 12.8. The van der Waals surface area contributed by atoms with Gasteiger partial charge in [0.25, 0.3) is 0 Å². The first-order valence-corrected chi connectivity index (χ1v) is 12.0. The fraction of sp³-hybridized carbons (Fsp3) is 0.280. The van der Waals surface area contributed by atoms with E-state index in [1.165, 1.54) is 16.2 Å². The Bertz CT molecular complexity index is 1460. The Hall–Kier alpha value is -3.92. The van der Waals surface area contributed by atoms with Crippen LogP contribution in [0, 0.1) is 13.8 Å². The second-order valence-electron chi connectivity index (χ2n) is 8.57. The number of hydrogen-bond donors (Lipinski definition) is 2. The average molecular weight is 492 g/mol. The topological polar surface area (TPSA) is 110 Å². The number of nitrogens with one attached hydrogen (secondary N) is 1. The van der Waals surface area contributed by atoms with Crippen molar-refractivity contribution in [3.8, 4) is 16.3 Å². The first kappa shape index (κ1) is 22.9. The number of fused-ring (bicyclic) bond motifs is 3. The number of benzene rings is 2. The molecule has 0 saturated carbocycles. The van der Waals surface area contributed by atoms with Gasteiger partial charge in [-0.15, -0.1) is 0 Å². The van der Waals surface area contributed by atoms with Crippen molar-refractivity contribution in [1.29, 1.82) is 0 Å². The summed E-state index contributed by atoms with van der Waals surface area (Å²) in [5.41, 5.74) is 5.29. The summed E-state index contributed by atoms with van der Waals surface area (Å²) < 4.78 is 7.55. The van der Waals surface area contributed by atoms with Crippen LogP contribution in [-0.4, -0.2) is 50.2 Å². The molecule has 35 heavy (non-hydrogen) atoms. The molecule has 1 aliphatic rings. The van der Waals surface area contributed by atoms with Gasteiger partial charge in [0.05, 0.1) is 42.4 Å². The van der Waals surface area contributed by atoms with Gasteiger partial charge < -0.3 is 19.7 Å². The third-order valence-corrected chi connectivity index (χ3v) is 7.20. The number of carbonyl (C=O) groups excluding carboxylic acids is 1. The number of nitrogens with zero attached hydrogens (tertiary/aromatic N) is 4. The molecule has 2 aromatic heterocycles. The van der Waals surface area contributed by atoms with Crippen LogP contribution in [-0.2, 0) is 24.3 Å². The Morgan fingerprint density at radius 2 is 1.97 bits per heavy atom. The maximum absolute atomic E-state index is 12.8. The van der Waals surface area contributed by atoms with Crippen molar-refractivity contribution < 1.29 is 19.4 Å². The Balaban J connectivity index is 1.32. The number of ether oxygens (including phenoxy) is 1. The number of rotatable bonds is 5. The quantitative estimate of drug-likeness (QED) is 0.427. The van der Waals surface area contributed by atoms with Crippen LogP contribution >= 0.6 is 11.3 Å². The van der Waals surface area contributed by atoms with Gasteiger partial charge in [0.1, 0.15) is 21.6 Å². The summed E-state index contributed by atoms with van der Waals surface area (Å²) in [5.74, 6) is 1.33. The van der Waals surface area contributed by atoms with Crippen LogP contribution in [0.3, 0.4) is 0 Å². The van der Waals surface area contributed by atoms with Crippen molar-refractivity contribution in [1.82, 2.24) is 19.4 Å². The minimum absolute atomic E-state index is 0.139. The van der Waals surface area contributed by atoms with E-state index in [-0.39, 0.29) is 18.9 Å². The Morgan fingerprint density at radius 3 is 2.74 bits per heavy atom. The lowest BCUT2D eigenvalue weighted by Crippen LogP contribution is -2.37. The highest BCUT2D eigenvalue weighted by atomic mass is 32.1. The second kappa shape index (κ2) is 9.03. The van der Waals surface area contributed by atoms with Crippen LogP contribution in [0.2, 0.25) is 0 Å². The van der Waals surface area contributed by atoms with Crippen molar-refractivity contribution in [3.63, 3.8) is 0 Å². The zero-order chi connectivity index (χ0) is 24.7. The van der Waals surface area contributed by atoms with E-state index in [1.807, 2.05) is 54.8 Å². The Kier molecular flexibility index (Phi) is 5.89. The zero-order valence-electron chi connectivity index (χ0n) is 19.7. The van der Waals surface area contributed by atoms with Gasteiger partial charge in [-0.25, -0.2) is 14.8 Å². The first-order chi connectivity index (χ1) is 16.8. The molecular weight excluding hydrogens is 466 g/mol. The van der Waals surface area contributed by atoms with E-state index < -0.39 is 6.09 Å². The van der Waals surface area contributed by atoms with Gasteiger partial charge in [0.15, 0.2) is 0 Å². The molecule has 10 heteroatoms. The zero-order valence-corrected chi connectivity index (χ0v) is 20.5. The lowest BCUT2D eigenvalue weighted by atomic mass is 10.1. The number of hydrogen-bond acceptors (Lipinski definition) is 6. The van der Waals surface area contributed by atoms with Crippen LogP contribution in [0.25, 0.3) is 21.6 Å². The molecule has 2 aromatic carbocycles. The SMILES string of the molecule is COc1cc(C)ccc1-c1nc(C)c(NC(=O)Cc2ccc3c(c2)nc2n3CCN(C(=O)O)C2)s1. The Labute approximate surface area is 206 Å². The van der Waals surface area contributed by atoms with Gasteiger partial charge in [-0.2, -0.15) is 0 Å². The largest absolute Gasteiger partial charge is 0.496 e. The standard InChI is InChI=1S/C25H25N5O4S/c1-14-4-6-17(20(10-14)34-3)24-26-15(2)23(35-24)28-22(31)12-16-5-7-19-18(11-16)27-21-13-29(25(32)33)8-9-30(19)21/h4-7,10-11H,8-9,12-13H2,1-3H3,(H,28,31)(H,32,33). The van der Waals surface area contributed by atoms with Gasteiger partial charge in [-0.05, 0) is 49.2 Å². The molecule has 3 heterocycles. The number of aromatic nitrogens is 3. The predicted octanol–water partition coefficient (Wildman–Crippen LogP) is 4.46. The molecule has 2 amide bonds. The summed E-state index contributed by atoms with van der Waals surface area (Å²) in [5, 5.41) is 13.7. The lowest BCUT2D eigenvalue weighted by Gasteiger charge is -2.25. The molecule has 2 N–H and O–H groups in total. The maximum Gasteiger partial charge on any atom is 0.407 e. The molecule has 5 rings (SSSR count). The summed E-state index contributed by atoms with van der Waals surface area (Å²) in [7, 11) is 1.64.